The van der Waals surface area contributed by atoms with Crippen LogP contribution >= 0.6 is 0 Å². The van der Waals surface area contributed by atoms with E-state index >= 15 is 0 Å². The third kappa shape index (κ3) is 1.27. The van der Waals surface area contributed by atoms with Gasteiger partial charge in [-0.15, -0.1) is 0 Å². The molecule has 2 aliphatic rings. The van der Waals surface area contributed by atoms with E-state index in [1.54, 1.807) is 6.33 Å². The highest BCUT2D eigenvalue weighted by Crippen LogP contribution is 2.32. The summed E-state index contributed by atoms with van der Waals surface area (Å²) in [5.41, 5.74) is 0.976. The van der Waals surface area contributed by atoms with Crippen LogP contribution in [-0.4, -0.2) is 44.9 Å². The molecule has 2 atom stereocenters. The van der Waals surface area contributed by atoms with E-state index in [2.05, 4.69) is 26.0 Å². The molecule has 0 unspecified atom stereocenters. The molecule has 88 valence electrons. The lowest BCUT2D eigenvalue weighted by molar-refractivity contribution is 0.0987. The normalized spacial score (nSPS) is 27.2. The van der Waals surface area contributed by atoms with Gasteiger partial charge in [-0.25, -0.2) is 4.98 Å². The number of hydrogen-bond donors (Lipinski definition) is 0. The van der Waals surface area contributed by atoms with Crippen molar-refractivity contribution in [1.29, 1.82) is 0 Å². The van der Waals surface area contributed by atoms with E-state index in [-0.39, 0.29) is 0 Å². The number of anilines is 1. The number of nitrogens with zero attached hydrogens (tertiary/aromatic N) is 5. The SMILES string of the molecule is Cc1cc(N2C[C@H]3C[C@H]2CO3)n2ncnc2n1. The maximum atomic E-state index is 5.62. The monoisotopic (exact) mass is 231 g/mol. The summed E-state index contributed by atoms with van der Waals surface area (Å²) in [5.74, 6) is 1.75. The fourth-order valence-corrected chi connectivity index (χ4v) is 2.80. The van der Waals surface area contributed by atoms with Crippen molar-refractivity contribution in [2.45, 2.75) is 25.5 Å². The molecule has 6 heteroatoms. The molecule has 2 aromatic heterocycles. The Hall–Kier alpha value is -1.69. The average Bonchev–Trinajstić information content (AvgIpc) is 3.02. The molecule has 0 radical (unpaired) electrons. The van der Waals surface area contributed by atoms with Gasteiger partial charge >= 0.3 is 0 Å². The van der Waals surface area contributed by atoms with Crippen LogP contribution in [0.15, 0.2) is 12.4 Å². The number of morpholine rings is 1. The molecule has 2 saturated heterocycles. The van der Waals surface area contributed by atoms with Crippen LogP contribution in [0, 0.1) is 6.92 Å². The molecule has 0 aliphatic carbocycles. The van der Waals surface area contributed by atoms with E-state index in [1.807, 2.05) is 11.4 Å². The third-order valence-electron chi connectivity index (χ3n) is 3.56. The van der Waals surface area contributed by atoms with Crippen LogP contribution in [0.2, 0.25) is 0 Å². The van der Waals surface area contributed by atoms with Crippen molar-refractivity contribution in [2.75, 3.05) is 18.1 Å². The van der Waals surface area contributed by atoms with Crippen LogP contribution in [-0.2, 0) is 4.74 Å². The van der Waals surface area contributed by atoms with Crippen molar-refractivity contribution < 1.29 is 4.74 Å². The summed E-state index contributed by atoms with van der Waals surface area (Å²) in [6.45, 7) is 3.76. The van der Waals surface area contributed by atoms with E-state index in [1.165, 1.54) is 0 Å². The fourth-order valence-electron chi connectivity index (χ4n) is 2.80. The van der Waals surface area contributed by atoms with Gasteiger partial charge in [0.15, 0.2) is 0 Å². The highest BCUT2D eigenvalue weighted by molar-refractivity contribution is 5.49. The van der Waals surface area contributed by atoms with Gasteiger partial charge in [0.25, 0.3) is 5.78 Å². The fraction of sp³-hybridized carbons (Fsp3) is 0.545. The Bertz CT molecular complexity index is 580. The van der Waals surface area contributed by atoms with Gasteiger partial charge in [-0.3, -0.25) is 0 Å². The summed E-state index contributed by atoms with van der Waals surface area (Å²) in [6.07, 6.45) is 3.06. The molecule has 17 heavy (non-hydrogen) atoms. The van der Waals surface area contributed by atoms with Crippen LogP contribution in [0.1, 0.15) is 12.1 Å². The van der Waals surface area contributed by atoms with E-state index in [4.69, 9.17) is 4.74 Å². The Morgan fingerprint density at radius 2 is 2.41 bits per heavy atom. The van der Waals surface area contributed by atoms with Crippen molar-refractivity contribution in [3.8, 4) is 0 Å². The van der Waals surface area contributed by atoms with Gasteiger partial charge in [0.05, 0.1) is 18.8 Å². The summed E-state index contributed by atoms with van der Waals surface area (Å²) >= 11 is 0. The van der Waals surface area contributed by atoms with Gasteiger partial charge in [-0.2, -0.15) is 14.6 Å². The number of aromatic nitrogens is 4. The second-order valence-corrected chi connectivity index (χ2v) is 4.72. The molecule has 0 saturated carbocycles. The molecule has 4 heterocycles. The molecule has 4 rings (SSSR count). The summed E-state index contributed by atoms with van der Waals surface area (Å²) in [5, 5.41) is 4.25. The van der Waals surface area contributed by atoms with Crippen molar-refractivity contribution >= 4 is 11.6 Å². The Morgan fingerprint density at radius 3 is 3.18 bits per heavy atom. The van der Waals surface area contributed by atoms with Crippen LogP contribution in [0.5, 0.6) is 0 Å². The van der Waals surface area contributed by atoms with E-state index in [9.17, 15) is 0 Å². The summed E-state index contributed by atoms with van der Waals surface area (Å²) < 4.78 is 7.44. The summed E-state index contributed by atoms with van der Waals surface area (Å²) in [4.78, 5) is 10.9. The van der Waals surface area contributed by atoms with Crippen molar-refractivity contribution in [3.05, 3.63) is 18.1 Å². The molecule has 0 amide bonds. The van der Waals surface area contributed by atoms with Crippen LogP contribution in [0.25, 0.3) is 5.78 Å². The number of rotatable bonds is 1. The number of aryl methyl sites for hydroxylation is 1. The number of ether oxygens (including phenoxy) is 1. The zero-order chi connectivity index (χ0) is 11.4. The first kappa shape index (κ1) is 9.35. The van der Waals surface area contributed by atoms with Gasteiger partial charge in [0, 0.05) is 18.3 Å². The van der Waals surface area contributed by atoms with Gasteiger partial charge in [0.2, 0.25) is 0 Å². The van der Waals surface area contributed by atoms with Gasteiger partial charge in [-0.1, -0.05) is 0 Å². The van der Waals surface area contributed by atoms with Crippen LogP contribution < -0.4 is 4.90 Å². The Morgan fingerprint density at radius 1 is 1.47 bits per heavy atom. The van der Waals surface area contributed by atoms with Crippen LogP contribution in [0.4, 0.5) is 5.82 Å². The molecule has 2 aromatic rings. The third-order valence-corrected chi connectivity index (χ3v) is 3.56. The second kappa shape index (κ2) is 3.16. The maximum absolute atomic E-state index is 5.62. The molecule has 2 fully saturated rings. The van der Waals surface area contributed by atoms with Gasteiger partial charge in [0.1, 0.15) is 12.1 Å². The molecule has 0 N–H and O–H groups in total. The first-order chi connectivity index (χ1) is 8.31. The standard InChI is InChI=1S/C11H13N5O/c1-7-2-10(16-11(14-7)12-6-13-16)15-4-9-3-8(15)5-17-9/h2,6,8-9H,3-5H2,1H3/t8-,9+/m0/s1. The molecule has 0 spiro atoms. The van der Waals surface area contributed by atoms with Crippen LogP contribution in [0.3, 0.4) is 0 Å². The molecular formula is C11H13N5O. The van der Waals surface area contributed by atoms with Crippen molar-refractivity contribution in [2.24, 2.45) is 0 Å². The zero-order valence-electron chi connectivity index (χ0n) is 9.58. The summed E-state index contributed by atoms with van der Waals surface area (Å²) in [6, 6.07) is 2.55. The minimum absolute atomic E-state index is 0.382. The molecule has 2 aliphatic heterocycles. The highest BCUT2D eigenvalue weighted by Gasteiger charge is 2.40. The van der Waals surface area contributed by atoms with E-state index < -0.39 is 0 Å². The first-order valence-corrected chi connectivity index (χ1v) is 5.87. The van der Waals surface area contributed by atoms with Gasteiger partial charge < -0.3 is 9.64 Å². The minimum Gasteiger partial charge on any atom is -0.374 e. The largest absolute Gasteiger partial charge is 0.374 e. The Kier molecular flexibility index (Phi) is 1.74. The topological polar surface area (TPSA) is 55.6 Å². The van der Waals surface area contributed by atoms with Crippen molar-refractivity contribution in [3.63, 3.8) is 0 Å². The lowest BCUT2D eigenvalue weighted by Crippen LogP contribution is -2.38. The zero-order valence-corrected chi connectivity index (χ0v) is 9.58. The second-order valence-electron chi connectivity index (χ2n) is 4.72. The van der Waals surface area contributed by atoms with E-state index in [0.717, 1.165) is 31.1 Å². The first-order valence-electron chi connectivity index (χ1n) is 5.87. The van der Waals surface area contributed by atoms with Crippen molar-refractivity contribution in [1.82, 2.24) is 19.6 Å². The lowest BCUT2D eigenvalue weighted by atomic mass is 10.2. The Labute approximate surface area is 98.2 Å². The molecular weight excluding hydrogens is 218 g/mol. The number of fused-ring (bicyclic) bond motifs is 3. The predicted molar refractivity (Wildman–Crippen MR) is 61.0 cm³/mol. The minimum atomic E-state index is 0.382. The average molecular weight is 231 g/mol. The lowest BCUT2D eigenvalue weighted by Gasteiger charge is -2.28. The Balaban J connectivity index is 1.87. The maximum Gasteiger partial charge on any atom is 0.254 e. The summed E-state index contributed by atoms with van der Waals surface area (Å²) in [7, 11) is 0. The number of hydrogen-bond acceptors (Lipinski definition) is 5. The highest BCUT2D eigenvalue weighted by atomic mass is 16.5. The molecule has 2 bridgehead atoms. The molecule has 6 nitrogen and oxygen atoms in total. The molecule has 0 aromatic carbocycles. The van der Waals surface area contributed by atoms with E-state index in [0.29, 0.717) is 17.9 Å². The van der Waals surface area contributed by atoms with Gasteiger partial charge in [-0.05, 0) is 13.3 Å². The quantitative estimate of drug-likeness (QED) is 0.711. The predicted octanol–water partition coefficient (Wildman–Crippen LogP) is 0.410. The smallest absolute Gasteiger partial charge is 0.254 e.